The number of hydrogen-bond acceptors (Lipinski definition) is 4. The second-order valence-corrected chi connectivity index (χ2v) is 6.23. The van der Waals surface area contributed by atoms with Gasteiger partial charge >= 0.3 is 0 Å². The highest BCUT2D eigenvalue weighted by atomic mass is 79.9. The van der Waals surface area contributed by atoms with Crippen molar-refractivity contribution < 1.29 is 4.74 Å². The zero-order valence-corrected chi connectivity index (χ0v) is 13.7. The minimum Gasteiger partial charge on any atom is -0.437 e. The SMILES string of the molecule is CNc1ncnc(Oc2ccccc2C(C)(C)C)c1Br. The topological polar surface area (TPSA) is 47.0 Å². The predicted octanol–water partition coefficient (Wildman–Crippen LogP) is 4.37. The van der Waals surface area contributed by atoms with Gasteiger partial charge in [0.15, 0.2) is 0 Å². The number of anilines is 1. The van der Waals surface area contributed by atoms with Gasteiger partial charge in [-0.3, -0.25) is 0 Å². The Morgan fingerprint density at radius 3 is 2.50 bits per heavy atom. The molecular formula is C15H18BrN3O. The standard InChI is InChI=1S/C15H18BrN3O/c1-15(2,3)10-7-5-6-8-11(10)20-14-12(16)13(17-4)18-9-19-14/h5-9H,1-4H3,(H,17,18,19). The van der Waals surface area contributed by atoms with Crippen LogP contribution in [0.5, 0.6) is 11.6 Å². The molecular weight excluding hydrogens is 318 g/mol. The average Bonchev–Trinajstić information content (AvgIpc) is 2.40. The van der Waals surface area contributed by atoms with Gasteiger partial charge in [-0.05, 0) is 27.4 Å². The Hall–Kier alpha value is -1.62. The molecule has 0 saturated carbocycles. The summed E-state index contributed by atoms with van der Waals surface area (Å²) in [5, 5.41) is 2.99. The summed E-state index contributed by atoms with van der Waals surface area (Å²) in [7, 11) is 1.81. The monoisotopic (exact) mass is 335 g/mol. The number of aromatic nitrogens is 2. The van der Waals surface area contributed by atoms with Crippen LogP contribution in [0.15, 0.2) is 35.1 Å². The van der Waals surface area contributed by atoms with E-state index >= 15 is 0 Å². The summed E-state index contributed by atoms with van der Waals surface area (Å²) in [5.41, 5.74) is 1.14. The molecule has 2 rings (SSSR count). The molecule has 0 radical (unpaired) electrons. The van der Waals surface area contributed by atoms with Gasteiger partial charge in [-0.2, -0.15) is 0 Å². The number of para-hydroxylation sites is 1. The fraction of sp³-hybridized carbons (Fsp3) is 0.333. The molecule has 0 unspecified atom stereocenters. The molecule has 1 heterocycles. The lowest BCUT2D eigenvalue weighted by molar-refractivity contribution is 0.436. The molecule has 0 aliphatic rings. The molecule has 0 aliphatic carbocycles. The Labute approximate surface area is 127 Å². The van der Waals surface area contributed by atoms with Crippen LogP contribution in [0.2, 0.25) is 0 Å². The van der Waals surface area contributed by atoms with E-state index in [-0.39, 0.29) is 5.41 Å². The minimum absolute atomic E-state index is 0.00192. The Balaban J connectivity index is 2.41. The van der Waals surface area contributed by atoms with Gasteiger partial charge in [0.1, 0.15) is 22.4 Å². The van der Waals surface area contributed by atoms with Crippen molar-refractivity contribution >= 4 is 21.7 Å². The van der Waals surface area contributed by atoms with Gasteiger partial charge in [0, 0.05) is 12.6 Å². The molecule has 4 nitrogen and oxygen atoms in total. The molecule has 0 amide bonds. The van der Waals surface area contributed by atoms with Crippen LogP contribution in [0.4, 0.5) is 5.82 Å². The van der Waals surface area contributed by atoms with Crippen LogP contribution >= 0.6 is 15.9 Å². The summed E-state index contributed by atoms with van der Waals surface area (Å²) >= 11 is 3.46. The largest absolute Gasteiger partial charge is 0.437 e. The van der Waals surface area contributed by atoms with Crippen molar-refractivity contribution in [3.63, 3.8) is 0 Å². The molecule has 1 aromatic heterocycles. The summed E-state index contributed by atoms with van der Waals surface area (Å²) in [5.74, 6) is 2.01. The summed E-state index contributed by atoms with van der Waals surface area (Å²) in [4.78, 5) is 8.31. The third-order valence-electron chi connectivity index (χ3n) is 2.90. The lowest BCUT2D eigenvalue weighted by Gasteiger charge is -2.22. The number of nitrogens with zero attached hydrogens (tertiary/aromatic N) is 2. The zero-order valence-electron chi connectivity index (χ0n) is 12.1. The van der Waals surface area contributed by atoms with Gasteiger partial charge < -0.3 is 10.1 Å². The third kappa shape index (κ3) is 3.10. The number of ether oxygens (including phenoxy) is 1. The minimum atomic E-state index is 0.00192. The molecule has 5 heteroatoms. The maximum absolute atomic E-state index is 5.97. The second kappa shape index (κ2) is 5.79. The maximum Gasteiger partial charge on any atom is 0.238 e. The van der Waals surface area contributed by atoms with Crippen LogP contribution in [0.1, 0.15) is 26.3 Å². The summed E-state index contributed by atoms with van der Waals surface area (Å²) in [6.07, 6.45) is 1.48. The number of hydrogen-bond donors (Lipinski definition) is 1. The molecule has 20 heavy (non-hydrogen) atoms. The first-order chi connectivity index (χ1) is 9.43. The van der Waals surface area contributed by atoms with Crippen molar-refractivity contribution in [1.29, 1.82) is 0 Å². The molecule has 0 fully saturated rings. The summed E-state index contributed by atoms with van der Waals surface area (Å²) in [6.45, 7) is 6.47. The number of nitrogens with one attached hydrogen (secondary N) is 1. The van der Waals surface area contributed by atoms with E-state index in [0.717, 1.165) is 11.3 Å². The number of halogens is 1. The van der Waals surface area contributed by atoms with Crippen LogP contribution in [-0.2, 0) is 5.41 Å². The fourth-order valence-electron chi connectivity index (χ4n) is 1.88. The molecule has 0 spiro atoms. The van der Waals surface area contributed by atoms with Gasteiger partial charge in [0.05, 0.1) is 0 Å². The van der Waals surface area contributed by atoms with E-state index in [4.69, 9.17) is 4.74 Å². The molecule has 0 atom stereocenters. The molecule has 106 valence electrons. The highest BCUT2D eigenvalue weighted by Crippen LogP contribution is 2.36. The molecule has 0 saturated heterocycles. The first-order valence-corrected chi connectivity index (χ1v) is 7.18. The summed E-state index contributed by atoms with van der Waals surface area (Å²) < 4.78 is 6.69. The van der Waals surface area contributed by atoms with Gasteiger partial charge in [-0.15, -0.1) is 0 Å². The van der Waals surface area contributed by atoms with Gasteiger partial charge in [-0.25, -0.2) is 9.97 Å². The van der Waals surface area contributed by atoms with Crippen LogP contribution in [-0.4, -0.2) is 17.0 Å². The molecule has 2 aromatic rings. The van der Waals surface area contributed by atoms with Gasteiger partial charge in [-0.1, -0.05) is 39.0 Å². The zero-order chi connectivity index (χ0) is 14.8. The lowest BCUT2D eigenvalue weighted by atomic mass is 9.86. The Bertz CT molecular complexity index is 608. The van der Waals surface area contributed by atoms with Crippen LogP contribution in [0, 0.1) is 0 Å². The normalized spacial score (nSPS) is 11.2. The van der Waals surface area contributed by atoms with Crippen molar-refractivity contribution in [2.75, 3.05) is 12.4 Å². The summed E-state index contributed by atoms with van der Waals surface area (Å²) in [6, 6.07) is 8.00. The Morgan fingerprint density at radius 2 is 1.85 bits per heavy atom. The average molecular weight is 336 g/mol. The first-order valence-electron chi connectivity index (χ1n) is 6.39. The highest BCUT2D eigenvalue weighted by molar-refractivity contribution is 9.10. The van der Waals surface area contributed by atoms with E-state index in [2.05, 4.69) is 58.1 Å². The van der Waals surface area contributed by atoms with Crippen molar-refractivity contribution in [3.05, 3.63) is 40.6 Å². The van der Waals surface area contributed by atoms with Crippen molar-refractivity contribution in [3.8, 4) is 11.6 Å². The Kier molecular flexibility index (Phi) is 4.28. The number of benzene rings is 1. The van der Waals surface area contributed by atoms with E-state index in [1.54, 1.807) is 7.05 Å². The lowest BCUT2D eigenvalue weighted by Crippen LogP contribution is -2.12. The second-order valence-electron chi connectivity index (χ2n) is 5.44. The van der Waals surface area contributed by atoms with Gasteiger partial charge in [0.25, 0.3) is 0 Å². The van der Waals surface area contributed by atoms with E-state index in [1.807, 2.05) is 18.2 Å². The smallest absolute Gasteiger partial charge is 0.238 e. The van der Waals surface area contributed by atoms with Crippen molar-refractivity contribution in [1.82, 2.24) is 9.97 Å². The predicted molar refractivity (Wildman–Crippen MR) is 84.5 cm³/mol. The third-order valence-corrected chi connectivity index (χ3v) is 3.61. The number of rotatable bonds is 3. The van der Waals surface area contributed by atoms with E-state index in [9.17, 15) is 0 Å². The van der Waals surface area contributed by atoms with Crippen molar-refractivity contribution in [2.24, 2.45) is 0 Å². The van der Waals surface area contributed by atoms with Crippen LogP contribution < -0.4 is 10.1 Å². The van der Waals surface area contributed by atoms with Crippen LogP contribution in [0.25, 0.3) is 0 Å². The molecule has 0 aliphatic heterocycles. The molecule has 1 aromatic carbocycles. The van der Waals surface area contributed by atoms with Crippen molar-refractivity contribution in [2.45, 2.75) is 26.2 Å². The molecule has 0 bridgehead atoms. The Morgan fingerprint density at radius 1 is 1.15 bits per heavy atom. The maximum atomic E-state index is 5.97. The molecule has 1 N–H and O–H groups in total. The highest BCUT2D eigenvalue weighted by Gasteiger charge is 2.20. The quantitative estimate of drug-likeness (QED) is 0.904. The fourth-order valence-corrected chi connectivity index (χ4v) is 2.36. The van der Waals surface area contributed by atoms with E-state index in [0.29, 0.717) is 16.2 Å². The van der Waals surface area contributed by atoms with Crippen LogP contribution in [0.3, 0.4) is 0 Å². The first kappa shape index (κ1) is 14.8. The van der Waals surface area contributed by atoms with E-state index < -0.39 is 0 Å². The van der Waals surface area contributed by atoms with Gasteiger partial charge in [0.2, 0.25) is 5.88 Å². The van der Waals surface area contributed by atoms with E-state index in [1.165, 1.54) is 6.33 Å².